The topological polar surface area (TPSA) is 57.6 Å². The Morgan fingerprint density at radius 3 is 2.88 bits per heavy atom. The van der Waals surface area contributed by atoms with Gasteiger partial charge in [-0.2, -0.15) is 0 Å². The van der Waals surface area contributed by atoms with Gasteiger partial charge in [0.15, 0.2) is 0 Å². The van der Waals surface area contributed by atoms with Gasteiger partial charge in [-0.05, 0) is 44.1 Å². The molecular weight excluding hydrogens is 370 g/mol. The molecule has 1 fully saturated rings. The summed E-state index contributed by atoms with van der Waals surface area (Å²) in [6.45, 7) is 5.56. The van der Waals surface area contributed by atoms with Crippen molar-refractivity contribution in [2.45, 2.75) is 39.0 Å². The number of rotatable bonds is 9. The van der Waals surface area contributed by atoms with Crippen LogP contribution in [0.3, 0.4) is 0 Å². The third kappa shape index (κ3) is 5.93. The number of nitrogens with one attached hydrogen (secondary N) is 1. The SMILES string of the molecule is OCc1csc(COc2ccc(Cl)cc2CNCCN2CCCCC2)n1. The number of piperidine rings is 1. The Morgan fingerprint density at radius 1 is 1.27 bits per heavy atom. The van der Waals surface area contributed by atoms with Gasteiger partial charge in [0.05, 0.1) is 12.3 Å². The minimum absolute atomic E-state index is 0.0381. The summed E-state index contributed by atoms with van der Waals surface area (Å²) in [5.41, 5.74) is 1.74. The minimum atomic E-state index is -0.0381. The van der Waals surface area contributed by atoms with E-state index in [1.54, 1.807) is 0 Å². The number of hydrogen-bond acceptors (Lipinski definition) is 6. The molecule has 5 nitrogen and oxygen atoms in total. The molecule has 0 aliphatic carbocycles. The van der Waals surface area contributed by atoms with Crippen LogP contribution in [0.15, 0.2) is 23.6 Å². The van der Waals surface area contributed by atoms with Gasteiger partial charge in [-0.3, -0.25) is 0 Å². The molecule has 7 heteroatoms. The van der Waals surface area contributed by atoms with Crippen molar-refractivity contribution < 1.29 is 9.84 Å². The zero-order chi connectivity index (χ0) is 18.2. The highest BCUT2D eigenvalue weighted by Crippen LogP contribution is 2.24. The van der Waals surface area contributed by atoms with E-state index in [1.165, 1.54) is 43.7 Å². The van der Waals surface area contributed by atoms with Crippen LogP contribution in [0.25, 0.3) is 0 Å². The van der Waals surface area contributed by atoms with E-state index in [0.29, 0.717) is 17.3 Å². The Balaban J connectivity index is 1.50. The molecule has 1 saturated heterocycles. The lowest BCUT2D eigenvalue weighted by molar-refractivity contribution is 0.228. The van der Waals surface area contributed by atoms with Crippen molar-refractivity contribution in [2.24, 2.45) is 0 Å². The van der Waals surface area contributed by atoms with Crippen LogP contribution in [0.2, 0.25) is 5.02 Å². The number of aliphatic hydroxyl groups excluding tert-OH is 1. The lowest BCUT2D eigenvalue weighted by Gasteiger charge is -2.26. The zero-order valence-corrected chi connectivity index (χ0v) is 16.5. The monoisotopic (exact) mass is 395 g/mol. The van der Waals surface area contributed by atoms with E-state index < -0.39 is 0 Å². The van der Waals surface area contributed by atoms with E-state index in [4.69, 9.17) is 21.4 Å². The minimum Gasteiger partial charge on any atom is -0.486 e. The lowest BCUT2D eigenvalue weighted by atomic mass is 10.1. The Kier molecular flexibility index (Phi) is 7.70. The standard InChI is InChI=1S/C19H26ClN3O2S/c20-16-4-5-18(25-13-19-22-17(12-24)14-26-19)15(10-16)11-21-6-9-23-7-2-1-3-8-23/h4-5,10,14,21,24H,1-3,6-9,11-13H2. The number of hydrogen-bond donors (Lipinski definition) is 2. The van der Waals surface area contributed by atoms with Crippen molar-refractivity contribution in [1.82, 2.24) is 15.2 Å². The van der Waals surface area contributed by atoms with Gasteiger partial charge in [-0.25, -0.2) is 4.98 Å². The molecule has 2 aromatic rings. The molecule has 1 aromatic heterocycles. The molecule has 0 radical (unpaired) electrons. The molecule has 0 unspecified atom stereocenters. The number of nitrogens with zero attached hydrogens (tertiary/aromatic N) is 2. The highest BCUT2D eigenvalue weighted by Gasteiger charge is 2.10. The number of ether oxygens (including phenoxy) is 1. The van der Waals surface area contributed by atoms with E-state index in [1.807, 2.05) is 23.6 Å². The molecule has 3 rings (SSSR count). The molecule has 0 bridgehead atoms. The fraction of sp³-hybridized carbons (Fsp3) is 0.526. The molecule has 1 aliphatic rings. The largest absolute Gasteiger partial charge is 0.486 e. The van der Waals surface area contributed by atoms with E-state index in [-0.39, 0.29) is 6.61 Å². The van der Waals surface area contributed by atoms with Gasteiger partial charge in [-0.15, -0.1) is 11.3 Å². The van der Waals surface area contributed by atoms with Crippen molar-refractivity contribution in [3.8, 4) is 5.75 Å². The summed E-state index contributed by atoms with van der Waals surface area (Å²) in [4.78, 5) is 6.84. The van der Waals surface area contributed by atoms with E-state index in [0.717, 1.165) is 36.0 Å². The van der Waals surface area contributed by atoms with Crippen molar-refractivity contribution in [3.05, 3.63) is 44.9 Å². The van der Waals surface area contributed by atoms with Gasteiger partial charge in [0.1, 0.15) is 17.4 Å². The molecule has 2 heterocycles. The number of likely N-dealkylation sites (tertiary alicyclic amines) is 1. The van der Waals surface area contributed by atoms with Crippen molar-refractivity contribution in [3.63, 3.8) is 0 Å². The predicted octanol–water partition coefficient (Wildman–Crippen LogP) is 3.44. The van der Waals surface area contributed by atoms with Crippen LogP contribution >= 0.6 is 22.9 Å². The van der Waals surface area contributed by atoms with Crippen molar-refractivity contribution in [2.75, 3.05) is 26.2 Å². The third-order valence-electron chi connectivity index (χ3n) is 4.50. The first-order chi connectivity index (χ1) is 12.7. The Bertz CT molecular complexity index is 689. The van der Waals surface area contributed by atoms with Gasteiger partial charge in [-0.1, -0.05) is 18.0 Å². The summed E-state index contributed by atoms with van der Waals surface area (Å²) in [5.74, 6) is 0.820. The summed E-state index contributed by atoms with van der Waals surface area (Å²) in [6.07, 6.45) is 4.01. The maximum Gasteiger partial charge on any atom is 0.140 e. The molecular formula is C19H26ClN3O2S. The fourth-order valence-electron chi connectivity index (χ4n) is 3.10. The summed E-state index contributed by atoms with van der Waals surface area (Å²) in [5, 5.41) is 16.0. The molecule has 142 valence electrons. The average molecular weight is 396 g/mol. The second kappa shape index (κ2) is 10.2. The van der Waals surface area contributed by atoms with Crippen LogP contribution < -0.4 is 10.1 Å². The van der Waals surface area contributed by atoms with E-state index in [2.05, 4.69) is 15.2 Å². The average Bonchev–Trinajstić information content (AvgIpc) is 3.13. The number of aromatic nitrogens is 1. The van der Waals surface area contributed by atoms with Gasteiger partial charge < -0.3 is 20.1 Å². The molecule has 0 atom stereocenters. The molecule has 0 saturated carbocycles. The van der Waals surface area contributed by atoms with Crippen LogP contribution in [0.1, 0.15) is 35.5 Å². The number of thiazole rings is 1. The lowest BCUT2D eigenvalue weighted by Crippen LogP contribution is -2.35. The molecule has 1 aromatic carbocycles. The van der Waals surface area contributed by atoms with Crippen molar-refractivity contribution in [1.29, 1.82) is 0 Å². The second-order valence-corrected chi connectivity index (χ2v) is 7.89. The van der Waals surface area contributed by atoms with Crippen LogP contribution in [-0.4, -0.2) is 41.2 Å². The summed E-state index contributed by atoms with van der Waals surface area (Å²) in [7, 11) is 0. The first kappa shape index (κ1) is 19.6. The van der Waals surface area contributed by atoms with E-state index in [9.17, 15) is 0 Å². The van der Waals surface area contributed by atoms with Gasteiger partial charge in [0.2, 0.25) is 0 Å². The summed E-state index contributed by atoms with van der Waals surface area (Å²) < 4.78 is 5.94. The number of aliphatic hydroxyl groups is 1. The zero-order valence-electron chi connectivity index (χ0n) is 14.9. The van der Waals surface area contributed by atoms with Crippen LogP contribution in [-0.2, 0) is 19.8 Å². The fourth-order valence-corrected chi connectivity index (χ4v) is 3.99. The number of benzene rings is 1. The molecule has 0 amide bonds. The predicted molar refractivity (Wildman–Crippen MR) is 106 cm³/mol. The number of halogens is 1. The van der Waals surface area contributed by atoms with Crippen LogP contribution in [0.4, 0.5) is 0 Å². The van der Waals surface area contributed by atoms with Gasteiger partial charge in [0.25, 0.3) is 0 Å². The van der Waals surface area contributed by atoms with Crippen molar-refractivity contribution >= 4 is 22.9 Å². The van der Waals surface area contributed by atoms with Crippen LogP contribution in [0.5, 0.6) is 5.75 Å². The van der Waals surface area contributed by atoms with Crippen LogP contribution in [0, 0.1) is 0 Å². The quantitative estimate of drug-likeness (QED) is 0.637. The molecule has 2 N–H and O–H groups in total. The highest BCUT2D eigenvalue weighted by atomic mass is 35.5. The Morgan fingerprint density at radius 2 is 2.12 bits per heavy atom. The Labute approximate surface area is 164 Å². The first-order valence-electron chi connectivity index (χ1n) is 9.13. The third-order valence-corrected chi connectivity index (χ3v) is 5.61. The maximum absolute atomic E-state index is 9.10. The van der Waals surface area contributed by atoms with Gasteiger partial charge >= 0.3 is 0 Å². The van der Waals surface area contributed by atoms with E-state index >= 15 is 0 Å². The maximum atomic E-state index is 9.10. The second-order valence-electron chi connectivity index (χ2n) is 6.51. The molecule has 26 heavy (non-hydrogen) atoms. The molecule has 0 spiro atoms. The first-order valence-corrected chi connectivity index (χ1v) is 10.4. The highest BCUT2D eigenvalue weighted by molar-refractivity contribution is 7.09. The smallest absolute Gasteiger partial charge is 0.140 e. The normalized spacial score (nSPS) is 15.3. The Hall–Kier alpha value is -1.18. The summed E-state index contributed by atoms with van der Waals surface area (Å²) >= 11 is 7.66. The molecule has 1 aliphatic heterocycles. The summed E-state index contributed by atoms with van der Waals surface area (Å²) in [6, 6.07) is 5.70. The van der Waals surface area contributed by atoms with Gasteiger partial charge in [0, 0.05) is 35.6 Å².